The van der Waals surface area contributed by atoms with Gasteiger partial charge in [0, 0.05) is 18.7 Å². The number of hydrogen-bond donors (Lipinski definition) is 0. The summed E-state index contributed by atoms with van der Waals surface area (Å²) in [5.74, 6) is -4.07. The molecule has 160 valence electrons. The van der Waals surface area contributed by atoms with Gasteiger partial charge in [-0.2, -0.15) is 4.31 Å². The Morgan fingerprint density at radius 2 is 1.70 bits per heavy atom. The lowest BCUT2D eigenvalue weighted by atomic mass is 10.1. The van der Waals surface area contributed by atoms with Gasteiger partial charge in [0.1, 0.15) is 0 Å². The van der Waals surface area contributed by atoms with Crippen molar-refractivity contribution in [3.05, 3.63) is 64.2 Å². The van der Waals surface area contributed by atoms with Crippen molar-refractivity contribution >= 4 is 33.4 Å². The molecule has 1 saturated heterocycles. The van der Waals surface area contributed by atoms with Gasteiger partial charge in [-0.05, 0) is 49.2 Å². The monoisotopic (exact) mass is 457 g/mol. The summed E-state index contributed by atoms with van der Waals surface area (Å²) < 4.78 is 58.1. The lowest BCUT2D eigenvalue weighted by Gasteiger charge is -2.26. The zero-order valence-corrected chi connectivity index (χ0v) is 17.3. The van der Waals surface area contributed by atoms with Crippen LogP contribution < -0.4 is 0 Å². The fourth-order valence-electron chi connectivity index (χ4n) is 3.04. The largest absolute Gasteiger partial charge is 0.454 e. The number of benzene rings is 2. The minimum absolute atomic E-state index is 0.0436. The minimum Gasteiger partial charge on any atom is -0.454 e. The summed E-state index contributed by atoms with van der Waals surface area (Å²) in [7, 11) is -3.80. The Labute approximate surface area is 177 Å². The molecule has 0 radical (unpaired) electrons. The molecule has 1 aliphatic heterocycles. The molecule has 0 aromatic heterocycles. The Balaban J connectivity index is 1.75. The normalized spacial score (nSPS) is 15.0. The van der Waals surface area contributed by atoms with Crippen LogP contribution in [0.25, 0.3) is 0 Å². The average Bonchev–Trinajstić information content (AvgIpc) is 2.74. The van der Waals surface area contributed by atoms with Crippen molar-refractivity contribution in [1.82, 2.24) is 4.31 Å². The molecule has 1 fully saturated rings. The number of halogens is 3. The van der Waals surface area contributed by atoms with Crippen LogP contribution in [0.5, 0.6) is 0 Å². The Morgan fingerprint density at radius 1 is 1.00 bits per heavy atom. The highest BCUT2D eigenvalue weighted by molar-refractivity contribution is 7.89. The van der Waals surface area contributed by atoms with Crippen LogP contribution in [0.1, 0.15) is 40.0 Å². The number of carbonyl (C=O) groups excluding carboxylic acids is 2. The standard InChI is InChI=1S/C20H18ClF2NO5S/c21-16-6-5-14(30(27,28)24-8-2-1-3-9-24)11-15(16)20(26)29-12-19(25)13-4-7-17(22)18(23)10-13/h4-7,10-11H,1-3,8-9,12H2. The van der Waals surface area contributed by atoms with Gasteiger partial charge < -0.3 is 4.74 Å². The first-order valence-corrected chi connectivity index (χ1v) is 11.0. The molecule has 1 aliphatic rings. The van der Waals surface area contributed by atoms with Crippen molar-refractivity contribution in [2.24, 2.45) is 0 Å². The van der Waals surface area contributed by atoms with Crippen LogP contribution in [0.2, 0.25) is 5.02 Å². The lowest BCUT2D eigenvalue weighted by Crippen LogP contribution is -2.35. The number of carbonyl (C=O) groups is 2. The summed E-state index contributed by atoms with van der Waals surface area (Å²) >= 11 is 6.01. The zero-order chi connectivity index (χ0) is 21.9. The Morgan fingerprint density at radius 3 is 2.37 bits per heavy atom. The lowest BCUT2D eigenvalue weighted by molar-refractivity contribution is 0.0474. The Hall–Kier alpha value is -2.36. The maximum Gasteiger partial charge on any atom is 0.340 e. The van der Waals surface area contributed by atoms with Crippen LogP contribution in [0.4, 0.5) is 8.78 Å². The molecule has 0 bridgehead atoms. The van der Waals surface area contributed by atoms with Crippen LogP contribution in [0.15, 0.2) is 41.3 Å². The van der Waals surface area contributed by atoms with Crippen molar-refractivity contribution in [1.29, 1.82) is 0 Å². The van der Waals surface area contributed by atoms with Gasteiger partial charge in [-0.15, -0.1) is 0 Å². The van der Waals surface area contributed by atoms with E-state index in [1.807, 2.05) is 0 Å². The van der Waals surface area contributed by atoms with Gasteiger partial charge in [-0.1, -0.05) is 18.0 Å². The van der Waals surface area contributed by atoms with E-state index in [0.717, 1.165) is 37.5 Å². The van der Waals surface area contributed by atoms with E-state index in [-0.39, 0.29) is 21.0 Å². The number of piperidine rings is 1. The van der Waals surface area contributed by atoms with E-state index in [9.17, 15) is 26.8 Å². The van der Waals surface area contributed by atoms with Crippen molar-refractivity contribution in [3.8, 4) is 0 Å². The van der Waals surface area contributed by atoms with Gasteiger partial charge in [0.15, 0.2) is 24.0 Å². The smallest absolute Gasteiger partial charge is 0.340 e. The number of ether oxygens (including phenoxy) is 1. The third-order valence-corrected chi connectivity index (χ3v) is 6.91. The molecule has 30 heavy (non-hydrogen) atoms. The summed E-state index contributed by atoms with van der Waals surface area (Å²) in [4.78, 5) is 24.3. The van der Waals surface area contributed by atoms with Crippen LogP contribution >= 0.6 is 11.6 Å². The molecular formula is C20H18ClF2NO5S. The molecule has 0 N–H and O–H groups in total. The highest BCUT2D eigenvalue weighted by atomic mass is 35.5. The van der Waals surface area contributed by atoms with Gasteiger partial charge in [-0.25, -0.2) is 22.0 Å². The third kappa shape index (κ3) is 4.85. The summed E-state index contributed by atoms with van der Waals surface area (Å²) in [5, 5.41) is -0.0436. The molecule has 2 aromatic rings. The molecule has 0 aliphatic carbocycles. The first-order valence-electron chi connectivity index (χ1n) is 9.15. The average molecular weight is 458 g/mol. The number of ketones is 1. The van der Waals surface area contributed by atoms with E-state index in [2.05, 4.69) is 0 Å². The highest BCUT2D eigenvalue weighted by Gasteiger charge is 2.27. The second-order valence-corrected chi connectivity index (χ2v) is 9.08. The number of esters is 1. The van der Waals surface area contributed by atoms with Crippen LogP contribution in [0, 0.1) is 11.6 Å². The minimum atomic E-state index is -3.80. The number of hydrogen-bond acceptors (Lipinski definition) is 5. The number of sulfonamides is 1. The van der Waals surface area contributed by atoms with E-state index in [1.54, 1.807) is 0 Å². The number of rotatable bonds is 6. The number of Topliss-reactive ketones (excluding diaryl/α,β-unsaturated/α-hetero) is 1. The third-order valence-electron chi connectivity index (χ3n) is 4.69. The quantitative estimate of drug-likeness (QED) is 0.486. The predicted molar refractivity (Wildman–Crippen MR) is 105 cm³/mol. The molecule has 2 aromatic carbocycles. The van der Waals surface area contributed by atoms with Crippen LogP contribution in [-0.4, -0.2) is 44.2 Å². The SMILES string of the molecule is O=C(COC(=O)c1cc(S(=O)(=O)N2CCCCC2)ccc1Cl)c1ccc(F)c(F)c1. The molecule has 0 unspecified atom stereocenters. The molecule has 3 rings (SSSR count). The molecule has 0 amide bonds. The molecule has 1 heterocycles. The summed E-state index contributed by atoms with van der Waals surface area (Å²) in [5.41, 5.74) is -0.387. The molecular weight excluding hydrogens is 440 g/mol. The van der Waals surface area contributed by atoms with Crippen molar-refractivity contribution in [2.45, 2.75) is 24.2 Å². The second kappa shape index (κ2) is 9.20. The summed E-state index contributed by atoms with van der Waals surface area (Å²) in [6.45, 7) is 0.0459. The summed E-state index contributed by atoms with van der Waals surface area (Å²) in [6, 6.07) is 6.23. The van der Waals surface area contributed by atoms with E-state index >= 15 is 0 Å². The van der Waals surface area contributed by atoms with E-state index in [4.69, 9.17) is 16.3 Å². The first kappa shape index (κ1) is 22.3. The van der Waals surface area contributed by atoms with E-state index in [1.165, 1.54) is 16.4 Å². The summed E-state index contributed by atoms with van der Waals surface area (Å²) in [6.07, 6.45) is 2.47. The maximum atomic E-state index is 13.3. The maximum absolute atomic E-state index is 13.3. The topological polar surface area (TPSA) is 80.8 Å². The van der Waals surface area contributed by atoms with Gasteiger partial charge in [-0.3, -0.25) is 4.79 Å². The van der Waals surface area contributed by atoms with Gasteiger partial charge in [0.2, 0.25) is 10.0 Å². The Bertz CT molecular complexity index is 1080. The highest BCUT2D eigenvalue weighted by Crippen LogP contribution is 2.25. The van der Waals surface area contributed by atoms with Gasteiger partial charge >= 0.3 is 5.97 Å². The van der Waals surface area contributed by atoms with Crippen LogP contribution in [0.3, 0.4) is 0 Å². The van der Waals surface area contributed by atoms with Crippen LogP contribution in [-0.2, 0) is 14.8 Å². The van der Waals surface area contributed by atoms with Crippen molar-refractivity contribution in [2.75, 3.05) is 19.7 Å². The van der Waals surface area contributed by atoms with Gasteiger partial charge in [0.25, 0.3) is 0 Å². The first-order chi connectivity index (χ1) is 14.2. The molecule has 0 saturated carbocycles. The van der Waals surface area contributed by atoms with E-state index in [0.29, 0.717) is 19.2 Å². The molecule has 10 heteroatoms. The fraction of sp³-hybridized carbons (Fsp3) is 0.300. The fourth-order valence-corrected chi connectivity index (χ4v) is 4.78. The predicted octanol–water partition coefficient (Wildman–Crippen LogP) is 3.83. The van der Waals surface area contributed by atoms with E-state index < -0.39 is 40.0 Å². The van der Waals surface area contributed by atoms with Crippen molar-refractivity contribution < 1.29 is 31.5 Å². The second-order valence-electron chi connectivity index (χ2n) is 6.73. The Kier molecular flexibility index (Phi) is 6.84. The zero-order valence-electron chi connectivity index (χ0n) is 15.7. The number of nitrogens with zero attached hydrogens (tertiary/aromatic N) is 1. The molecule has 0 atom stereocenters. The van der Waals surface area contributed by atoms with Crippen molar-refractivity contribution in [3.63, 3.8) is 0 Å². The molecule has 0 spiro atoms. The molecule has 6 nitrogen and oxygen atoms in total. The van der Waals surface area contributed by atoms with Gasteiger partial charge in [0.05, 0.1) is 15.5 Å².